The molecule has 0 fully saturated rings. The predicted octanol–water partition coefficient (Wildman–Crippen LogP) is 3.36. The van der Waals surface area contributed by atoms with Crippen LogP contribution in [0, 0.1) is 13.8 Å². The number of fused-ring (bicyclic) bond motifs is 1. The quantitative estimate of drug-likeness (QED) is 0.772. The van der Waals surface area contributed by atoms with E-state index in [4.69, 9.17) is 0 Å². The summed E-state index contributed by atoms with van der Waals surface area (Å²) in [6, 6.07) is 14.1. The maximum Gasteiger partial charge on any atom is 0.228 e. The molecule has 0 saturated heterocycles. The number of aromatic nitrogens is 2. The first-order valence-corrected chi connectivity index (χ1v) is 6.93. The Morgan fingerprint density at radius 2 is 1.90 bits per heavy atom. The average molecular weight is 279 g/mol. The minimum Gasteiger partial charge on any atom is -0.323 e. The van der Waals surface area contributed by atoms with Crippen LogP contribution in [0.5, 0.6) is 0 Å². The van der Waals surface area contributed by atoms with Gasteiger partial charge < -0.3 is 5.32 Å². The van der Waals surface area contributed by atoms with Gasteiger partial charge in [0.25, 0.3) is 0 Å². The van der Waals surface area contributed by atoms with Crippen molar-refractivity contribution < 1.29 is 4.79 Å². The topological polar surface area (TPSA) is 57.8 Å². The van der Waals surface area contributed by atoms with E-state index in [0.717, 1.165) is 33.4 Å². The van der Waals surface area contributed by atoms with Crippen LogP contribution in [0.1, 0.15) is 17.0 Å². The summed E-state index contributed by atoms with van der Waals surface area (Å²) < 4.78 is 0. The number of nitrogens with one attached hydrogen (secondary N) is 2. The van der Waals surface area contributed by atoms with Crippen LogP contribution in [-0.2, 0) is 11.2 Å². The molecule has 0 unspecified atom stereocenters. The standard InChI is InChI=1S/C17H17N3O/c1-11-17(12(2)20-19-11)18-16(21)10-14-8-5-7-13-6-3-4-9-15(13)14/h3-9H,10H2,1-2H3,(H,18,21)(H,19,20). The molecule has 2 N–H and O–H groups in total. The Labute approximate surface area is 123 Å². The summed E-state index contributed by atoms with van der Waals surface area (Å²) in [5.74, 6) is -0.0287. The predicted molar refractivity (Wildman–Crippen MR) is 84.3 cm³/mol. The fraction of sp³-hybridized carbons (Fsp3) is 0.176. The lowest BCUT2D eigenvalue weighted by atomic mass is 10.0. The highest BCUT2D eigenvalue weighted by Crippen LogP contribution is 2.20. The van der Waals surface area contributed by atoms with Crippen molar-refractivity contribution in [2.75, 3.05) is 5.32 Å². The third kappa shape index (κ3) is 2.65. The number of carbonyl (C=O) groups is 1. The van der Waals surface area contributed by atoms with Gasteiger partial charge in [0.15, 0.2) is 0 Å². The molecule has 3 rings (SSSR count). The first-order chi connectivity index (χ1) is 10.1. The number of amides is 1. The molecule has 0 spiro atoms. The van der Waals surface area contributed by atoms with Crippen LogP contribution in [0.2, 0.25) is 0 Å². The molecular weight excluding hydrogens is 262 g/mol. The van der Waals surface area contributed by atoms with E-state index < -0.39 is 0 Å². The highest BCUT2D eigenvalue weighted by molar-refractivity contribution is 5.96. The molecule has 106 valence electrons. The van der Waals surface area contributed by atoms with Crippen molar-refractivity contribution in [3.63, 3.8) is 0 Å². The maximum atomic E-state index is 12.3. The summed E-state index contributed by atoms with van der Waals surface area (Å²) in [5.41, 5.74) is 3.49. The number of carbonyl (C=O) groups excluding carboxylic acids is 1. The maximum absolute atomic E-state index is 12.3. The van der Waals surface area contributed by atoms with E-state index in [1.54, 1.807) is 0 Å². The Balaban J connectivity index is 1.84. The fourth-order valence-corrected chi connectivity index (χ4v) is 2.54. The first-order valence-electron chi connectivity index (χ1n) is 6.93. The summed E-state index contributed by atoms with van der Waals surface area (Å²) >= 11 is 0. The van der Waals surface area contributed by atoms with Crippen molar-refractivity contribution in [2.24, 2.45) is 0 Å². The summed E-state index contributed by atoms with van der Waals surface area (Å²) in [4.78, 5) is 12.3. The molecule has 0 saturated carbocycles. The molecule has 4 heteroatoms. The Morgan fingerprint density at radius 1 is 1.14 bits per heavy atom. The number of hydrogen-bond donors (Lipinski definition) is 2. The van der Waals surface area contributed by atoms with Crippen molar-refractivity contribution in [1.82, 2.24) is 10.2 Å². The van der Waals surface area contributed by atoms with E-state index in [9.17, 15) is 4.79 Å². The average Bonchev–Trinajstić information content (AvgIpc) is 2.79. The minimum absolute atomic E-state index is 0.0287. The summed E-state index contributed by atoms with van der Waals surface area (Å²) in [7, 11) is 0. The van der Waals surface area contributed by atoms with Gasteiger partial charge in [0.1, 0.15) is 0 Å². The van der Waals surface area contributed by atoms with Gasteiger partial charge in [-0.3, -0.25) is 9.89 Å². The van der Waals surface area contributed by atoms with E-state index in [2.05, 4.69) is 27.6 Å². The SMILES string of the molecule is Cc1n[nH]c(C)c1NC(=O)Cc1cccc2ccccc12. The first kappa shape index (κ1) is 13.4. The Morgan fingerprint density at radius 3 is 2.67 bits per heavy atom. The Hall–Kier alpha value is -2.62. The van der Waals surface area contributed by atoms with E-state index in [1.807, 2.05) is 44.2 Å². The van der Waals surface area contributed by atoms with Crippen molar-refractivity contribution in [3.8, 4) is 0 Å². The van der Waals surface area contributed by atoms with Gasteiger partial charge in [-0.05, 0) is 30.2 Å². The zero-order valence-corrected chi connectivity index (χ0v) is 12.1. The number of hydrogen-bond acceptors (Lipinski definition) is 2. The number of H-pyrrole nitrogens is 1. The van der Waals surface area contributed by atoms with Crippen molar-refractivity contribution in [2.45, 2.75) is 20.3 Å². The van der Waals surface area contributed by atoms with Gasteiger partial charge in [-0.25, -0.2) is 0 Å². The molecule has 1 amide bonds. The second-order valence-electron chi connectivity index (χ2n) is 5.17. The van der Waals surface area contributed by atoms with Gasteiger partial charge >= 0.3 is 0 Å². The molecule has 1 aromatic heterocycles. The second-order valence-corrected chi connectivity index (χ2v) is 5.17. The van der Waals surface area contributed by atoms with Gasteiger partial charge in [-0.2, -0.15) is 5.10 Å². The van der Waals surface area contributed by atoms with E-state index in [0.29, 0.717) is 6.42 Å². The van der Waals surface area contributed by atoms with E-state index in [-0.39, 0.29) is 5.91 Å². The molecule has 2 aromatic carbocycles. The highest BCUT2D eigenvalue weighted by atomic mass is 16.1. The zero-order chi connectivity index (χ0) is 14.8. The fourth-order valence-electron chi connectivity index (χ4n) is 2.54. The number of nitrogens with zero attached hydrogens (tertiary/aromatic N) is 1. The van der Waals surface area contributed by atoms with E-state index in [1.165, 1.54) is 0 Å². The monoisotopic (exact) mass is 279 g/mol. The molecule has 0 atom stereocenters. The highest BCUT2D eigenvalue weighted by Gasteiger charge is 2.11. The molecule has 0 bridgehead atoms. The zero-order valence-electron chi connectivity index (χ0n) is 12.1. The van der Waals surface area contributed by atoms with Crippen molar-refractivity contribution in [1.29, 1.82) is 0 Å². The van der Waals surface area contributed by atoms with Gasteiger partial charge in [0.2, 0.25) is 5.91 Å². The normalized spacial score (nSPS) is 10.8. The number of aryl methyl sites for hydroxylation is 2. The van der Waals surface area contributed by atoms with Crippen LogP contribution < -0.4 is 5.32 Å². The van der Waals surface area contributed by atoms with Crippen LogP contribution in [0.4, 0.5) is 5.69 Å². The summed E-state index contributed by atoms with van der Waals surface area (Å²) in [6.07, 6.45) is 0.353. The smallest absolute Gasteiger partial charge is 0.228 e. The molecule has 3 aromatic rings. The van der Waals surface area contributed by atoms with E-state index >= 15 is 0 Å². The lowest BCUT2D eigenvalue weighted by Gasteiger charge is -2.08. The molecule has 1 heterocycles. The third-order valence-electron chi connectivity index (χ3n) is 3.62. The number of benzene rings is 2. The van der Waals surface area contributed by atoms with Crippen molar-refractivity contribution >= 4 is 22.4 Å². The Bertz CT molecular complexity index is 780. The minimum atomic E-state index is -0.0287. The molecule has 0 aliphatic heterocycles. The van der Waals surface area contributed by atoms with Gasteiger partial charge in [-0.1, -0.05) is 42.5 Å². The van der Waals surface area contributed by atoms with Gasteiger partial charge in [-0.15, -0.1) is 0 Å². The van der Waals surface area contributed by atoms with Crippen molar-refractivity contribution in [3.05, 3.63) is 59.4 Å². The Kier molecular flexibility index (Phi) is 3.44. The van der Waals surface area contributed by atoms with Crippen LogP contribution >= 0.6 is 0 Å². The molecular formula is C17H17N3O. The van der Waals surface area contributed by atoms with Crippen LogP contribution in [-0.4, -0.2) is 16.1 Å². The lowest BCUT2D eigenvalue weighted by molar-refractivity contribution is -0.115. The number of anilines is 1. The van der Waals surface area contributed by atoms with Crippen LogP contribution in [0.3, 0.4) is 0 Å². The third-order valence-corrected chi connectivity index (χ3v) is 3.62. The molecule has 4 nitrogen and oxygen atoms in total. The molecule has 0 aliphatic carbocycles. The molecule has 0 radical (unpaired) electrons. The van der Waals surface area contributed by atoms with Gasteiger partial charge in [0, 0.05) is 0 Å². The van der Waals surface area contributed by atoms with Crippen LogP contribution in [0.25, 0.3) is 10.8 Å². The van der Waals surface area contributed by atoms with Gasteiger partial charge in [0.05, 0.1) is 23.5 Å². The summed E-state index contributed by atoms with van der Waals surface area (Å²) in [5, 5.41) is 12.2. The van der Waals surface area contributed by atoms with Crippen LogP contribution in [0.15, 0.2) is 42.5 Å². The summed E-state index contributed by atoms with van der Waals surface area (Å²) in [6.45, 7) is 3.77. The molecule has 21 heavy (non-hydrogen) atoms. The second kappa shape index (κ2) is 5.40. The number of rotatable bonds is 3. The molecule has 0 aliphatic rings. The largest absolute Gasteiger partial charge is 0.323 e. The number of aromatic amines is 1. The lowest BCUT2D eigenvalue weighted by Crippen LogP contribution is -2.15.